The summed E-state index contributed by atoms with van der Waals surface area (Å²) in [5.74, 6) is 0.777. The summed E-state index contributed by atoms with van der Waals surface area (Å²) in [5, 5.41) is 7.35. The monoisotopic (exact) mass is 416 g/mol. The highest BCUT2D eigenvalue weighted by molar-refractivity contribution is 5.85. The van der Waals surface area contributed by atoms with Crippen molar-refractivity contribution in [3.05, 3.63) is 81.7 Å². The van der Waals surface area contributed by atoms with Gasteiger partial charge in [-0.25, -0.2) is 4.98 Å². The minimum atomic E-state index is -0.252. The Morgan fingerprint density at radius 3 is 2.61 bits per heavy atom. The molecule has 4 rings (SSSR count). The molecule has 0 bridgehead atoms. The lowest BCUT2D eigenvalue weighted by Gasteiger charge is -2.15. The summed E-state index contributed by atoms with van der Waals surface area (Å²) in [4.78, 5) is 32.7. The van der Waals surface area contributed by atoms with Crippen molar-refractivity contribution in [1.29, 1.82) is 0 Å². The summed E-state index contributed by atoms with van der Waals surface area (Å²) in [7, 11) is 0. The third kappa shape index (κ3) is 4.12. The summed E-state index contributed by atoms with van der Waals surface area (Å²) in [6.45, 7) is 5.83. The van der Waals surface area contributed by atoms with Crippen LogP contribution in [-0.2, 0) is 11.3 Å². The van der Waals surface area contributed by atoms with Crippen LogP contribution in [0.25, 0.3) is 22.0 Å². The third-order valence-electron chi connectivity index (χ3n) is 5.43. The van der Waals surface area contributed by atoms with Crippen LogP contribution in [0.15, 0.2) is 57.8 Å². The van der Waals surface area contributed by atoms with E-state index in [9.17, 15) is 9.59 Å². The molecule has 2 aromatic heterocycles. The van der Waals surface area contributed by atoms with Crippen LogP contribution in [0.3, 0.4) is 0 Å². The molecule has 0 aliphatic heterocycles. The van der Waals surface area contributed by atoms with Crippen LogP contribution in [0.1, 0.15) is 42.1 Å². The summed E-state index contributed by atoms with van der Waals surface area (Å²) < 4.78 is 5.23. The van der Waals surface area contributed by atoms with Gasteiger partial charge in [-0.15, -0.1) is 0 Å². The zero-order chi connectivity index (χ0) is 22.0. The maximum Gasteiger partial charge on any atom is 0.258 e. The summed E-state index contributed by atoms with van der Waals surface area (Å²) in [5.41, 5.74) is 3.78. The maximum atomic E-state index is 12.7. The number of aryl methyl sites for hydroxylation is 2. The molecular formula is C24H24N4O3. The molecule has 2 heterocycles. The molecule has 4 aromatic rings. The zero-order valence-electron chi connectivity index (χ0n) is 17.7. The van der Waals surface area contributed by atoms with E-state index in [0.29, 0.717) is 28.9 Å². The van der Waals surface area contributed by atoms with Crippen molar-refractivity contribution in [2.24, 2.45) is 0 Å². The second-order valence-electron chi connectivity index (χ2n) is 7.53. The molecular weight excluding hydrogens is 392 g/mol. The first-order valence-corrected chi connectivity index (χ1v) is 10.3. The summed E-state index contributed by atoms with van der Waals surface area (Å²) >= 11 is 0. The fourth-order valence-corrected chi connectivity index (χ4v) is 3.87. The van der Waals surface area contributed by atoms with Gasteiger partial charge in [0.25, 0.3) is 5.56 Å². The van der Waals surface area contributed by atoms with Gasteiger partial charge < -0.3 is 14.8 Å². The summed E-state index contributed by atoms with van der Waals surface area (Å²) in [6.07, 6.45) is 0.683. The molecule has 1 amide bonds. The van der Waals surface area contributed by atoms with E-state index < -0.39 is 0 Å². The normalized spacial score (nSPS) is 12.1. The van der Waals surface area contributed by atoms with Gasteiger partial charge in [0.15, 0.2) is 0 Å². The topological polar surface area (TPSA) is 101 Å². The highest BCUT2D eigenvalue weighted by atomic mass is 16.5. The molecule has 2 aromatic carbocycles. The lowest BCUT2D eigenvalue weighted by molar-refractivity contribution is -0.122. The highest BCUT2D eigenvalue weighted by Gasteiger charge is 2.19. The first-order valence-electron chi connectivity index (χ1n) is 10.3. The van der Waals surface area contributed by atoms with Crippen LogP contribution in [0.4, 0.5) is 0 Å². The molecule has 1 atom stereocenters. The van der Waals surface area contributed by atoms with Crippen molar-refractivity contribution in [2.75, 3.05) is 0 Å². The number of H-pyrrole nitrogens is 1. The molecule has 7 heteroatoms. The van der Waals surface area contributed by atoms with Gasteiger partial charge in [0.05, 0.1) is 29.1 Å². The third-order valence-corrected chi connectivity index (χ3v) is 5.43. The Morgan fingerprint density at radius 1 is 1.16 bits per heavy atom. The molecule has 0 aliphatic carbocycles. The predicted octanol–water partition coefficient (Wildman–Crippen LogP) is 4.00. The molecule has 0 aliphatic rings. The molecule has 0 radical (unpaired) electrons. The number of aromatic amines is 1. The Morgan fingerprint density at radius 2 is 1.94 bits per heavy atom. The van der Waals surface area contributed by atoms with E-state index in [0.717, 1.165) is 22.4 Å². The fourth-order valence-electron chi connectivity index (χ4n) is 3.87. The second kappa shape index (κ2) is 8.55. The van der Waals surface area contributed by atoms with Gasteiger partial charge in [0, 0.05) is 5.56 Å². The highest BCUT2D eigenvalue weighted by Crippen LogP contribution is 2.28. The SMILES string of the molecule is CCC(C(=O)NCc1nc2ccc(-c3c(C)noc3C)cc2c(=O)[nH]1)c1ccccc1. The molecule has 7 nitrogen and oxygen atoms in total. The number of hydrogen-bond acceptors (Lipinski definition) is 5. The standard InChI is InChI=1S/C24H24N4O3/c1-4-18(16-8-6-5-7-9-16)23(29)25-13-21-26-20-11-10-17(12-19(20)24(30)27-21)22-14(2)28-31-15(22)3/h5-12,18H,4,13H2,1-3H3,(H,25,29)(H,26,27,30). The first-order chi connectivity index (χ1) is 15.0. The van der Waals surface area contributed by atoms with Crippen molar-refractivity contribution in [2.45, 2.75) is 39.7 Å². The number of carbonyl (C=O) groups is 1. The lowest BCUT2D eigenvalue weighted by Crippen LogP contribution is -2.30. The Kier molecular flexibility index (Phi) is 5.66. The van der Waals surface area contributed by atoms with Crippen molar-refractivity contribution in [3.8, 4) is 11.1 Å². The Balaban J connectivity index is 1.56. The van der Waals surface area contributed by atoms with Crippen LogP contribution >= 0.6 is 0 Å². The molecule has 1 unspecified atom stereocenters. The van der Waals surface area contributed by atoms with Crippen LogP contribution < -0.4 is 10.9 Å². The number of nitrogens with zero attached hydrogens (tertiary/aromatic N) is 2. The van der Waals surface area contributed by atoms with Crippen molar-refractivity contribution >= 4 is 16.8 Å². The minimum Gasteiger partial charge on any atom is -0.361 e. The quantitative estimate of drug-likeness (QED) is 0.495. The largest absolute Gasteiger partial charge is 0.361 e. The number of benzene rings is 2. The van der Waals surface area contributed by atoms with Gasteiger partial charge in [-0.1, -0.05) is 48.5 Å². The van der Waals surface area contributed by atoms with Crippen LogP contribution in [0.5, 0.6) is 0 Å². The van der Waals surface area contributed by atoms with E-state index in [1.165, 1.54) is 0 Å². The van der Waals surface area contributed by atoms with E-state index in [1.807, 2.05) is 57.2 Å². The molecule has 0 spiro atoms. The van der Waals surface area contributed by atoms with Crippen LogP contribution in [0, 0.1) is 13.8 Å². The smallest absolute Gasteiger partial charge is 0.258 e. The van der Waals surface area contributed by atoms with E-state index in [-0.39, 0.29) is 23.9 Å². The van der Waals surface area contributed by atoms with E-state index in [4.69, 9.17) is 4.52 Å². The number of nitrogens with one attached hydrogen (secondary N) is 2. The van der Waals surface area contributed by atoms with Gasteiger partial charge in [0.2, 0.25) is 5.91 Å². The molecule has 0 fully saturated rings. The van der Waals surface area contributed by atoms with Crippen molar-refractivity contribution in [1.82, 2.24) is 20.4 Å². The predicted molar refractivity (Wildman–Crippen MR) is 119 cm³/mol. The maximum absolute atomic E-state index is 12.7. The number of carbonyl (C=O) groups excluding carboxylic acids is 1. The molecule has 0 saturated heterocycles. The minimum absolute atomic E-state index is 0.0924. The molecule has 31 heavy (non-hydrogen) atoms. The Labute approximate surface area is 179 Å². The van der Waals surface area contributed by atoms with E-state index in [2.05, 4.69) is 20.4 Å². The van der Waals surface area contributed by atoms with E-state index in [1.54, 1.807) is 12.1 Å². The first kappa shape index (κ1) is 20.5. The van der Waals surface area contributed by atoms with Gasteiger partial charge in [-0.3, -0.25) is 9.59 Å². The zero-order valence-corrected chi connectivity index (χ0v) is 17.7. The van der Waals surface area contributed by atoms with Crippen molar-refractivity contribution < 1.29 is 9.32 Å². The number of amides is 1. The van der Waals surface area contributed by atoms with Crippen LogP contribution in [-0.4, -0.2) is 21.0 Å². The lowest BCUT2D eigenvalue weighted by atomic mass is 9.96. The average molecular weight is 416 g/mol. The van der Waals surface area contributed by atoms with E-state index >= 15 is 0 Å². The Hall–Kier alpha value is -3.74. The second-order valence-corrected chi connectivity index (χ2v) is 7.53. The van der Waals surface area contributed by atoms with Crippen molar-refractivity contribution in [3.63, 3.8) is 0 Å². The summed E-state index contributed by atoms with van der Waals surface area (Å²) in [6, 6.07) is 15.1. The van der Waals surface area contributed by atoms with Gasteiger partial charge in [-0.2, -0.15) is 0 Å². The average Bonchev–Trinajstić information content (AvgIpc) is 3.11. The van der Waals surface area contributed by atoms with Gasteiger partial charge in [0.1, 0.15) is 11.6 Å². The fraction of sp³-hybridized carbons (Fsp3) is 0.250. The number of aromatic nitrogens is 3. The van der Waals surface area contributed by atoms with Gasteiger partial charge >= 0.3 is 0 Å². The number of hydrogen-bond donors (Lipinski definition) is 2. The Bertz CT molecular complexity index is 1270. The molecule has 2 N–H and O–H groups in total. The number of rotatable bonds is 6. The number of fused-ring (bicyclic) bond motifs is 1. The molecule has 158 valence electrons. The van der Waals surface area contributed by atoms with Gasteiger partial charge in [-0.05, 0) is 43.5 Å². The van der Waals surface area contributed by atoms with Crippen LogP contribution in [0.2, 0.25) is 0 Å². The molecule has 0 saturated carbocycles.